The molecular formula is C11H19NO. The van der Waals surface area contributed by atoms with Crippen molar-refractivity contribution in [2.45, 2.75) is 43.7 Å². The molecule has 4 bridgehead atoms. The molecule has 74 valence electrons. The highest BCUT2D eigenvalue weighted by Crippen LogP contribution is 2.56. The quantitative estimate of drug-likeness (QED) is 0.666. The van der Waals surface area contributed by atoms with Crippen LogP contribution < -0.4 is 5.73 Å². The average molecular weight is 181 g/mol. The third kappa shape index (κ3) is 1.02. The predicted octanol–water partition coefficient (Wildman–Crippen LogP) is 1.54. The maximum atomic E-state index is 6.23. The second-order valence-corrected chi connectivity index (χ2v) is 5.43. The van der Waals surface area contributed by atoms with Crippen molar-refractivity contribution < 1.29 is 4.74 Å². The van der Waals surface area contributed by atoms with E-state index in [0.29, 0.717) is 6.04 Å². The SMILES string of the molecule is CO[C@]12CC3C[C@H](C1)[C@H](N)[C@@H](C3)C2. The molecule has 2 nitrogen and oxygen atoms in total. The summed E-state index contributed by atoms with van der Waals surface area (Å²) in [4.78, 5) is 0. The molecule has 4 fully saturated rings. The minimum absolute atomic E-state index is 0.242. The molecule has 4 aliphatic rings. The highest BCUT2D eigenvalue weighted by atomic mass is 16.5. The smallest absolute Gasteiger partial charge is 0.0687 e. The third-order valence-corrected chi connectivity index (χ3v) is 4.72. The molecule has 4 aliphatic carbocycles. The van der Waals surface area contributed by atoms with Gasteiger partial charge in [-0.3, -0.25) is 0 Å². The molecule has 0 aromatic carbocycles. The zero-order valence-corrected chi connectivity index (χ0v) is 8.33. The van der Waals surface area contributed by atoms with E-state index in [1.807, 2.05) is 7.11 Å². The first-order chi connectivity index (χ1) is 6.22. The predicted molar refractivity (Wildman–Crippen MR) is 51.3 cm³/mol. The summed E-state index contributed by atoms with van der Waals surface area (Å²) in [5.74, 6) is 2.47. The Labute approximate surface area is 79.8 Å². The van der Waals surface area contributed by atoms with Gasteiger partial charge in [0.15, 0.2) is 0 Å². The summed E-state index contributed by atoms with van der Waals surface area (Å²) in [7, 11) is 1.89. The number of nitrogens with two attached hydrogens (primary N) is 1. The van der Waals surface area contributed by atoms with E-state index in [-0.39, 0.29) is 5.60 Å². The second-order valence-electron chi connectivity index (χ2n) is 5.43. The van der Waals surface area contributed by atoms with Gasteiger partial charge in [-0.15, -0.1) is 0 Å². The summed E-state index contributed by atoms with van der Waals surface area (Å²) in [6.07, 6.45) is 6.53. The van der Waals surface area contributed by atoms with Gasteiger partial charge in [-0.05, 0) is 49.9 Å². The maximum absolute atomic E-state index is 6.23. The van der Waals surface area contributed by atoms with Gasteiger partial charge in [-0.25, -0.2) is 0 Å². The van der Waals surface area contributed by atoms with Gasteiger partial charge in [-0.1, -0.05) is 0 Å². The van der Waals surface area contributed by atoms with Crippen molar-refractivity contribution in [2.75, 3.05) is 7.11 Å². The van der Waals surface area contributed by atoms with Gasteiger partial charge >= 0.3 is 0 Å². The largest absolute Gasteiger partial charge is 0.378 e. The average Bonchev–Trinajstić information content (AvgIpc) is 2.13. The standard InChI is InChI=1S/C11H19NO/c1-13-11-4-7-2-8(5-11)10(12)9(3-7)6-11/h7-10H,2-6,12H2,1H3/t7?,8-,9+,10+,11-. The number of rotatable bonds is 1. The van der Waals surface area contributed by atoms with Crippen molar-refractivity contribution in [3.8, 4) is 0 Å². The van der Waals surface area contributed by atoms with Gasteiger partial charge in [-0.2, -0.15) is 0 Å². The van der Waals surface area contributed by atoms with Crippen molar-refractivity contribution in [1.29, 1.82) is 0 Å². The minimum atomic E-state index is 0.242. The number of ether oxygens (including phenoxy) is 1. The van der Waals surface area contributed by atoms with Crippen LogP contribution in [-0.4, -0.2) is 18.8 Å². The summed E-state index contributed by atoms with van der Waals surface area (Å²) >= 11 is 0. The molecule has 2 N–H and O–H groups in total. The summed E-state index contributed by atoms with van der Waals surface area (Å²) in [5, 5.41) is 0. The molecule has 0 saturated heterocycles. The Hall–Kier alpha value is -0.0800. The fourth-order valence-corrected chi connectivity index (χ4v) is 4.24. The highest BCUT2D eigenvalue weighted by molar-refractivity contribution is 5.07. The van der Waals surface area contributed by atoms with E-state index in [1.54, 1.807) is 0 Å². The Morgan fingerprint density at radius 1 is 1.15 bits per heavy atom. The Kier molecular flexibility index (Phi) is 1.58. The van der Waals surface area contributed by atoms with Gasteiger partial charge in [0.1, 0.15) is 0 Å². The molecule has 5 atom stereocenters. The Morgan fingerprint density at radius 3 is 2.31 bits per heavy atom. The van der Waals surface area contributed by atoms with Crippen LogP contribution in [-0.2, 0) is 4.74 Å². The van der Waals surface area contributed by atoms with Crippen LogP contribution in [0.3, 0.4) is 0 Å². The van der Waals surface area contributed by atoms with E-state index in [2.05, 4.69) is 0 Å². The van der Waals surface area contributed by atoms with Crippen molar-refractivity contribution in [1.82, 2.24) is 0 Å². The first-order valence-corrected chi connectivity index (χ1v) is 5.53. The second kappa shape index (κ2) is 2.48. The molecule has 0 radical (unpaired) electrons. The summed E-state index contributed by atoms with van der Waals surface area (Å²) in [5.41, 5.74) is 6.47. The van der Waals surface area contributed by atoms with Crippen molar-refractivity contribution in [3.05, 3.63) is 0 Å². The normalized spacial score (nSPS) is 58.6. The Morgan fingerprint density at radius 2 is 1.77 bits per heavy atom. The van der Waals surface area contributed by atoms with Crippen molar-refractivity contribution in [3.63, 3.8) is 0 Å². The lowest BCUT2D eigenvalue weighted by Gasteiger charge is -2.58. The summed E-state index contributed by atoms with van der Waals surface area (Å²) in [6, 6.07) is 0.486. The van der Waals surface area contributed by atoms with E-state index < -0.39 is 0 Å². The summed E-state index contributed by atoms with van der Waals surface area (Å²) < 4.78 is 5.74. The first-order valence-electron chi connectivity index (χ1n) is 5.53. The Balaban J connectivity index is 1.92. The van der Waals surface area contributed by atoms with Crippen LogP contribution in [0.5, 0.6) is 0 Å². The van der Waals surface area contributed by atoms with Crippen molar-refractivity contribution in [2.24, 2.45) is 23.5 Å². The fraction of sp³-hybridized carbons (Fsp3) is 1.00. The summed E-state index contributed by atoms with van der Waals surface area (Å²) in [6.45, 7) is 0. The molecule has 4 saturated carbocycles. The van der Waals surface area contributed by atoms with Crippen LogP contribution in [0, 0.1) is 17.8 Å². The molecule has 0 spiro atoms. The van der Waals surface area contributed by atoms with Gasteiger partial charge in [0.05, 0.1) is 5.60 Å². The van der Waals surface area contributed by atoms with E-state index in [4.69, 9.17) is 10.5 Å². The molecule has 4 rings (SSSR count). The number of hydrogen-bond donors (Lipinski definition) is 1. The van der Waals surface area contributed by atoms with Crippen LogP contribution in [0.4, 0.5) is 0 Å². The molecule has 0 heterocycles. The zero-order valence-electron chi connectivity index (χ0n) is 8.33. The van der Waals surface area contributed by atoms with Crippen LogP contribution in [0.15, 0.2) is 0 Å². The lowest BCUT2D eigenvalue weighted by molar-refractivity contribution is -0.152. The Bertz CT molecular complexity index is 212. The highest BCUT2D eigenvalue weighted by Gasteiger charge is 2.54. The topological polar surface area (TPSA) is 35.2 Å². The monoisotopic (exact) mass is 181 g/mol. The van der Waals surface area contributed by atoms with Crippen molar-refractivity contribution >= 4 is 0 Å². The number of hydrogen-bond acceptors (Lipinski definition) is 2. The molecule has 13 heavy (non-hydrogen) atoms. The van der Waals surface area contributed by atoms with E-state index in [1.165, 1.54) is 32.1 Å². The molecule has 1 unspecified atom stereocenters. The zero-order chi connectivity index (χ0) is 9.05. The van der Waals surface area contributed by atoms with Gasteiger partial charge < -0.3 is 10.5 Å². The van der Waals surface area contributed by atoms with Crippen LogP contribution in [0.2, 0.25) is 0 Å². The van der Waals surface area contributed by atoms with Crippen LogP contribution >= 0.6 is 0 Å². The fourth-order valence-electron chi connectivity index (χ4n) is 4.24. The molecule has 2 heteroatoms. The molecule has 0 aromatic heterocycles. The van der Waals surface area contributed by atoms with Crippen LogP contribution in [0.1, 0.15) is 32.1 Å². The lowest BCUT2D eigenvalue weighted by atomic mass is 9.52. The van der Waals surface area contributed by atoms with Crippen LogP contribution in [0.25, 0.3) is 0 Å². The third-order valence-electron chi connectivity index (χ3n) is 4.72. The van der Waals surface area contributed by atoms with E-state index in [0.717, 1.165) is 17.8 Å². The van der Waals surface area contributed by atoms with E-state index >= 15 is 0 Å². The lowest BCUT2D eigenvalue weighted by Crippen LogP contribution is -2.60. The molecule has 0 aliphatic heterocycles. The van der Waals surface area contributed by atoms with Gasteiger partial charge in [0.25, 0.3) is 0 Å². The van der Waals surface area contributed by atoms with Gasteiger partial charge in [0, 0.05) is 13.2 Å². The first kappa shape index (κ1) is 8.25. The molecule has 0 aromatic rings. The minimum Gasteiger partial charge on any atom is -0.378 e. The van der Waals surface area contributed by atoms with E-state index in [9.17, 15) is 0 Å². The number of methoxy groups -OCH3 is 1. The van der Waals surface area contributed by atoms with Gasteiger partial charge in [0.2, 0.25) is 0 Å². The maximum Gasteiger partial charge on any atom is 0.0687 e. The molecule has 0 amide bonds. The molecular weight excluding hydrogens is 162 g/mol.